The molecule has 0 spiro atoms. The summed E-state index contributed by atoms with van der Waals surface area (Å²) >= 11 is 3.29. The van der Waals surface area contributed by atoms with Gasteiger partial charge >= 0.3 is 0 Å². The smallest absolute Gasteiger partial charge is 0.138 e. The van der Waals surface area contributed by atoms with E-state index in [1.807, 2.05) is 19.1 Å². The van der Waals surface area contributed by atoms with Gasteiger partial charge in [0.25, 0.3) is 0 Å². The highest BCUT2D eigenvalue weighted by Crippen LogP contribution is 2.26. The van der Waals surface area contributed by atoms with Gasteiger partial charge in [-0.05, 0) is 18.6 Å². The molecule has 1 aromatic carbocycles. The van der Waals surface area contributed by atoms with Crippen molar-refractivity contribution in [2.24, 2.45) is 5.73 Å². The second-order valence-electron chi connectivity index (χ2n) is 2.73. The SMILES string of the molecule is Cc1ccc(C(F)CN)c(Br)c1. The summed E-state index contributed by atoms with van der Waals surface area (Å²) in [6, 6.07) is 5.52. The van der Waals surface area contributed by atoms with E-state index in [4.69, 9.17) is 5.73 Å². The Hall–Kier alpha value is -0.410. The van der Waals surface area contributed by atoms with Crippen LogP contribution in [0.4, 0.5) is 4.39 Å². The van der Waals surface area contributed by atoms with Crippen LogP contribution in [-0.2, 0) is 0 Å². The second kappa shape index (κ2) is 4.01. The molecule has 0 heterocycles. The molecule has 3 heteroatoms. The fourth-order valence-electron chi connectivity index (χ4n) is 1.01. The Morgan fingerprint density at radius 2 is 2.25 bits per heavy atom. The maximum Gasteiger partial charge on any atom is 0.138 e. The van der Waals surface area contributed by atoms with Crippen LogP contribution < -0.4 is 5.73 Å². The molecule has 12 heavy (non-hydrogen) atoms. The van der Waals surface area contributed by atoms with Gasteiger partial charge in [-0.3, -0.25) is 0 Å². The van der Waals surface area contributed by atoms with Crippen LogP contribution in [0.5, 0.6) is 0 Å². The van der Waals surface area contributed by atoms with Crippen molar-refractivity contribution in [3.05, 3.63) is 33.8 Å². The zero-order chi connectivity index (χ0) is 9.14. The summed E-state index contributed by atoms with van der Waals surface area (Å²) in [4.78, 5) is 0. The van der Waals surface area contributed by atoms with Gasteiger partial charge in [0, 0.05) is 16.6 Å². The maximum absolute atomic E-state index is 13.1. The van der Waals surface area contributed by atoms with Crippen LogP contribution in [0.15, 0.2) is 22.7 Å². The summed E-state index contributed by atoms with van der Waals surface area (Å²) < 4.78 is 13.9. The van der Waals surface area contributed by atoms with Crippen LogP contribution in [0, 0.1) is 6.92 Å². The van der Waals surface area contributed by atoms with Crippen molar-refractivity contribution >= 4 is 15.9 Å². The molecule has 0 aliphatic carbocycles. The third-order valence-electron chi connectivity index (χ3n) is 1.70. The second-order valence-corrected chi connectivity index (χ2v) is 3.58. The van der Waals surface area contributed by atoms with E-state index in [1.165, 1.54) is 0 Å². The average molecular weight is 232 g/mol. The summed E-state index contributed by atoms with van der Waals surface area (Å²) in [6.07, 6.45) is -1.07. The van der Waals surface area contributed by atoms with Gasteiger partial charge in [-0.2, -0.15) is 0 Å². The minimum Gasteiger partial charge on any atom is -0.327 e. The molecule has 1 nitrogen and oxygen atoms in total. The molecule has 0 amide bonds. The number of aryl methyl sites for hydroxylation is 1. The van der Waals surface area contributed by atoms with Gasteiger partial charge < -0.3 is 5.73 Å². The van der Waals surface area contributed by atoms with Gasteiger partial charge in [0.15, 0.2) is 0 Å². The van der Waals surface area contributed by atoms with E-state index in [9.17, 15) is 4.39 Å². The van der Waals surface area contributed by atoms with Crippen molar-refractivity contribution in [1.29, 1.82) is 0 Å². The van der Waals surface area contributed by atoms with E-state index in [-0.39, 0.29) is 6.54 Å². The van der Waals surface area contributed by atoms with E-state index in [1.54, 1.807) is 6.07 Å². The van der Waals surface area contributed by atoms with Gasteiger partial charge in [-0.25, -0.2) is 4.39 Å². The van der Waals surface area contributed by atoms with E-state index in [0.29, 0.717) is 5.56 Å². The Bertz CT molecular complexity index is 275. The molecular formula is C9H11BrFN. The van der Waals surface area contributed by atoms with Crippen LogP contribution in [0.25, 0.3) is 0 Å². The fraction of sp³-hybridized carbons (Fsp3) is 0.333. The minimum atomic E-state index is -1.07. The number of rotatable bonds is 2. The van der Waals surface area contributed by atoms with Gasteiger partial charge in [-0.15, -0.1) is 0 Å². The molecule has 0 aliphatic rings. The first-order valence-electron chi connectivity index (χ1n) is 3.75. The first-order valence-corrected chi connectivity index (χ1v) is 4.54. The quantitative estimate of drug-likeness (QED) is 0.833. The number of hydrogen-bond acceptors (Lipinski definition) is 1. The first-order chi connectivity index (χ1) is 5.65. The Kier molecular flexibility index (Phi) is 3.23. The molecule has 0 radical (unpaired) electrons. The van der Waals surface area contributed by atoms with E-state index in [2.05, 4.69) is 15.9 Å². The highest BCUT2D eigenvalue weighted by molar-refractivity contribution is 9.10. The molecule has 0 saturated heterocycles. The highest BCUT2D eigenvalue weighted by Gasteiger charge is 2.10. The summed E-state index contributed by atoms with van der Waals surface area (Å²) in [5.41, 5.74) is 6.95. The van der Waals surface area contributed by atoms with Gasteiger partial charge in [-0.1, -0.05) is 28.1 Å². The summed E-state index contributed by atoms with van der Waals surface area (Å²) in [7, 11) is 0. The molecular weight excluding hydrogens is 221 g/mol. The lowest BCUT2D eigenvalue weighted by atomic mass is 10.1. The third-order valence-corrected chi connectivity index (χ3v) is 2.39. The normalized spacial score (nSPS) is 13.0. The van der Waals surface area contributed by atoms with Gasteiger partial charge in [0.05, 0.1) is 0 Å². The monoisotopic (exact) mass is 231 g/mol. The zero-order valence-electron chi connectivity index (χ0n) is 6.85. The van der Waals surface area contributed by atoms with Crippen molar-refractivity contribution in [3.8, 4) is 0 Å². The summed E-state index contributed by atoms with van der Waals surface area (Å²) in [6.45, 7) is 1.99. The van der Waals surface area contributed by atoms with Crippen LogP contribution >= 0.6 is 15.9 Å². The lowest BCUT2D eigenvalue weighted by molar-refractivity contribution is 0.351. The Balaban J connectivity index is 3.01. The number of nitrogens with two attached hydrogens (primary N) is 1. The molecule has 0 aromatic heterocycles. The average Bonchev–Trinajstić information content (AvgIpc) is 2.03. The number of hydrogen-bond donors (Lipinski definition) is 1. The van der Waals surface area contributed by atoms with Crippen LogP contribution in [-0.4, -0.2) is 6.54 Å². The number of halogens is 2. The highest BCUT2D eigenvalue weighted by atomic mass is 79.9. The summed E-state index contributed by atoms with van der Waals surface area (Å²) in [5.74, 6) is 0. The molecule has 0 fully saturated rings. The molecule has 1 atom stereocenters. The van der Waals surface area contributed by atoms with E-state index in [0.717, 1.165) is 10.0 Å². The predicted molar refractivity (Wildman–Crippen MR) is 51.8 cm³/mol. The summed E-state index contributed by atoms with van der Waals surface area (Å²) in [5, 5.41) is 0. The predicted octanol–water partition coefficient (Wildman–Crippen LogP) is 2.73. The van der Waals surface area contributed by atoms with E-state index >= 15 is 0 Å². The van der Waals surface area contributed by atoms with Crippen LogP contribution in [0.1, 0.15) is 17.3 Å². The number of alkyl halides is 1. The van der Waals surface area contributed by atoms with E-state index < -0.39 is 6.17 Å². The first kappa shape index (κ1) is 9.68. The van der Waals surface area contributed by atoms with Gasteiger partial charge in [0.1, 0.15) is 6.17 Å². The van der Waals surface area contributed by atoms with Crippen molar-refractivity contribution in [1.82, 2.24) is 0 Å². The Morgan fingerprint density at radius 1 is 1.58 bits per heavy atom. The molecule has 2 N–H and O–H groups in total. The molecule has 0 aliphatic heterocycles. The van der Waals surface area contributed by atoms with Crippen molar-refractivity contribution in [3.63, 3.8) is 0 Å². The largest absolute Gasteiger partial charge is 0.327 e. The van der Waals surface area contributed by atoms with Crippen molar-refractivity contribution in [2.45, 2.75) is 13.1 Å². The standard InChI is InChI=1S/C9H11BrFN/c1-6-2-3-7(8(10)4-6)9(11)5-12/h2-4,9H,5,12H2,1H3. The van der Waals surface area contributed by atoms with Crippen molar-refractivity contribution < 1.29 is 4.39 Å². The molecule has 1 unspecified atom stereocenters. The molecule has 0 bridgehead atoms. The minimum absolute atomic E-state index is 0.0294. The topological polar surface area (TPSA) is 26.0 Å². The lowest BCUT2D eigenvalue weighted by Crippen LogP contribution is -2.08. The molecule has 0 saturated carbocycles. The van der Waals surface area contributed by atoms with Crippen LogP contribution in [0.2, 0.25) is 0 Å². The zero-order valence-corrected chi connectivity index (χ0v) is 8.44. The lowest BCUT2D eigenvalue weighted by Gasteiger charge is -2.08. The molecule has 1 aromatic rings. The number of benzene rings is 1. The molecule has 66 valence electrons. The Labute approximate surface area is 79.9 Å². The molecule has 1 rings (SSSR count). The maximum atomic E-state index is 13.1. The Morgan fingerprint density at radius 3 is 2.75 bits per heavy atom. The van der Waals surface area contributed by atoms with Crippen molar-refractivity contribution in [2.75, 3.05) is 6.54 Å². The third kappa shape index (κ3) is 2.05. The van der Waals surface area contributed by atoms with Gasteiger partial charge in [0.2, 0.25) is 0 Å². The van der Waals surface area contributed by atoms with Crippen LogP contribution in [0.3, 0.4) is 0 Å². The fourth-order valence-corrected chi connectivity index (χ4v) is 1.75.